The summed E-state index contributed by atoms with van der Waals surface area (Å²) >= 11 is 3.38. The lowest BCUT2D eigenvalue weighted by atomic mass is 10.1. The van der Waals surface area contributed by atoms with Gasteiger partial charge in [-0.15, -0.1) is 0 Å². The Morgan fingerprint density at radius 2 is 2.20 bits per heavy atom. The second-order valence-corrected chi connectivity index (χ2v) is 4.02. The molecule has 0 saturated carbocycles. The second-order valence-electron chi connectivity index (χ2n) is 3.23. The predicted octanol–water partition coefficient (Wildman–Crippen LogP) is 3.31. The van der Waals surface area contributed by atoms with Crippen molar-refractivity contribution in [1.82, 2.24) is 0 Å². The number of nitrogens with zero attached hydrogens (tertiary/aromatic N) is 1. The quantitative estimate of drug-likeness (QED) is 0.585. The number of hydrogen-bond donors (Lipinski definition) is 0. The number of nitriles is 1. The van der Waals surface area contributed by atoms with Gasteiger partial charge in [0.2, 0.25) is 0 Å². The highest BCUT2D eigenvalue weighted by Crippen LogP contribution is 2.14. The van der Waals surface area contributed by atoms with E-state index in [0.717, 1.165) is 36.1 Å². The largest absolute Gasteiger partial charge is 0.494 e. The minimum atomic E-state index is 0.443. The van der Waals surface area contributed by atoms with Gasteiger partial charge < -0.3 is 4.74 Å². The van der Waals surface area contributed by atoms with Gasteiger partial charge in [0.05, 0.1) is 19.1 Å². The lowest BCUT2D eigenvalue weighted by molar-refractivity contribution is 0.310. The van der Waals surface area contributed by atoms with Crippen LogP contribution in [0.15, 0.2) is 24.3 Å². The van der Waals surface area contributed by atoms with Crippen LogP contribution in [-0.2, 0) is 6.42 Å². The monoisotopic (exact) mass is 267 g/mol. The van der Waals surface area contributed by atoms with Crippen molar-refractivity contribution in [2.75, 3.05) is 11.9 Å². The molecule has 3 heteroatoms. The van der Waals surface area contributed by atoms with Crippen molar-refractivity contribution in [3.05, 3.63) is 29.8 Å². The standard InChI is InChI=1S/C12H14BrNO/c13-7-1-2-9-15-12-5-3-4-11(10-12)6-8-14/h3-5,10H,1-2,6-7,9H2. The van der Waals surface area contributed by atoms with Crippen LogP contribution in [0.1, 0.15) is 18.4 Å². The Bertz CT molecular complexity index is 333. The van der Waals surface area contributed by atoms with E-state index in [1.165, 1.54) is 0 Å². The number of unbranched alkanes of at least 4 members (excludes halogenated alkanes) is 1. The van der Waals surface area contributed by atoms with Crippen LogP contribution < -0.4 is 4.74 Å². The molecule has 0 saturated heterocycles. The van der Waals surface area contributed by atoms with Crippen molar-refractivity contribution in [2.45, 2.75) is 19.3 Å². The van der Waals surface area contributed by atoms with Crippen molar-refractivity contribution in [2.24, 2.45) is 0 Å². The highest BCUT2D eigenvalue weighted by Gasteiger charge is 1.96. The number of ether oxygens (including phenoxy) is 1. The van der Waals surface area contributed by atoms with Gasteiger partial charge in [-0.2, -0.15) is 5.26 Å². The molecule has 0 bridgehead atoms. The highest BCUT2D eigenvalue weighted by molar-refractivity contribution is 9.09. The third-order valence-electron chi connectivity index (χ3n) is 1.98. The van der Waals surface area contributed by atoms with Gasteiger partial charge in [-0.05, 0) is 30.5 Å². The number of rotatable bonds is 6. The van der Waals surface area contributed by atoms with Gasteiger partial charge >= 0.3 is 0 Å². The summed E-state index contributed by atoms with van der Waals surface area (Å²) in [7, 11) is 0. The topological polar surface area (TPSA) is 33.0 Å². The van der Waals surface area contributed by atoms with Gasteiger partial charge in [0.25, 0.3) is 0 Å². The van der Waals surface area contributed by atoms with Crippen LogP contribution in [0.25, 0.3) is 0 Å². The summed E-state index contributed by atoms with van der Waals surface area (Å²) in [5.41, 5.74) is 1.01. The smallest absolute Gasteiger partial charge is 0.119 e. The van der Waals surface area contributed by atoms with Crippen LogP contribution in [0.4, 0.5) is 0 Å². The molecule has 15 heavy (non-hydrogen) atoms. The Hall–Kier alpha value is -1.01. The Balaban J connectivity index is 2.40. The minimum absolute atomic E-state index is 0.443. The molecule has 0 heterocycles. The molecule has 0 N–H and O–H groups in total. The van der Waals surface area contributed by atoms with E-state index in [1.807, 2.05) is 24.3 Å². The van der Waals surface area contributed by atoms with E-state index < -0.39 is 0 Å². The van der Waals surface area contributed by atoms with Crippen LogP contribution >= 0.6 is 15.9 Å². The van der Waals surface area contributed by atoms with Crippen molar-refractivity contribution in [3.8, 4) is 11.8 Å². The summed E-state index contributed by atoms with van der Waals surface area (Å²) in [5, 5.41) is 9.58. The van der Waals surface area contributed by atoms with Crippen LogP contribution in [0, 0.1) is 11.3 Å². The van der Waals surface area contributed by atoms with E-state index in [-0.39, 0.29) is 0 Å². The maximum absolute atomic E-state index is 8.56. The molecule has 1 rings (SSSR count). The number of halogens is 1. The van der Waals surface area contributed by atoms with E-state index in [2.05, 4.69) is 22.0 Å². The van der Waals surface area contributed by atoms with E-state index >= 15 is 0 Å². The fraction of sp³-hybridized carbons (Fsp3) is 0.417. The fourth-order valence-corrected chi connectivity index (χ4v) is 1.62. The maximum Gasteiger partial charge on any atom is 0.119 e. The van der Waals surface area contributed by atoms with Gasteiger partial charge in [0.1, 0.15) is 5.75 Å². The summed E-state index contributed by atoms with van der Waals surface area (Å²) in [6.45, 7) is 0.738. The summed E-state index contributed by atoms with van der Waals surface area (Å²) in [5.74, 6) is 0.859. The van der Waals surface area contributed by atoms with Gasteiger partial charge in [0, 0.05) is 5.33 Å². The summed E-state index contributed by atoms with van der Waals surface area (Å²) < 4.78 is 5.56. The molecule has 0 amide bonds. The van der Waals surface area contributed by atoms with Crippen LogP contribution in [0.5, 0.6) is 5.75 Å². The first-order chi connectivity index (χ1) is 7.36. The average Bonchev–Trinajstić information content (AvgIpc) is 2.26. The zero-order valence-corrected chi connectivity index (χ0v) is 10.2. The molecular formula is C12H14BrNO. The molecule has 1 aromatic carbocycles. The first kappa shape index (κ1) is 12.1. The normalized spacial score (nSPS) is 9.60. The molecule has 0 aliphatic carbocycles. The van der Waals surface area contributed by atoms with Crippen molar-refractivity contribution < 1.29 is 4.74 Å². The van der Waals surface area contributed by atoms with Gasteiger partial charge in [0.15, 0.2) is 0 Å². The molecule has 0 aliphatic rings. The summed E-state index contributed by atoms with van der Waals surface area (Å²) in [4.78, 5) is 0. The lowest BCUT2D eigenvalue weighted by Crippen LogP contribution is -1.97. The molecule has 0 aliphatic heterocycles. The first-order valence-electron chi connectivity index (χ1n) is 5.01. The molecule has 0 aromatic heterocycles. The molecule has 1 aromatic rings. The molecule has 2 nitrogen and oxygen atoms in total. The van der Waals surface area contributed by atoms with Gasteiger partial charge in [-0.1, -0.05) is 28.1 Å². The predicted molar refractivity (Wildman–Crippen MR) is 64.3 cm³/mol. The SMILES string of the molecule is N#CCc1cccc(OCCCCBr)c1. The van der Waals surface area contributed by atoms with Crippen molar-refractivity contribution >= 4 is 15.9 Å². The van der Waals surface area contributed by atoms with Gasteiger partial charge in [-0.25, -0.2) is 0 Å². The van der Waals surface area contributed by atoms with Crippen molar-refractivity contribution in [3.63, 3.8) is 0 Å². The number of alkyl halides is 1. The van der Waals surface area contributed by atoms with E-state index in [0.29, 0.717) is 6.42 Å². The van der Waals surface area contributed by atoms with E-state index in [4.69, 9.17) is 10.00 Å². The Morgan fingerprint density at radius 1 is 1.33 bits per heavy atom. The van der Waals surface area contributed by atoms with Crippen LogP contribution in [0.2, 0.25) is 0 Å². The van der Waals surface area contributed by atoms with Crippen LogP contribution in [0.3, 0.4) is 0 Å². The van der Waals surface area contributed by atoms with Gasteiger partial charge in [-0.3, -0.25) is 0 Å². The summed E-state index contributed by atoms with van der Waals surface area (Å²) in [6.07, 6.45) is 2.62. The molecule has 0 spiro atoms. The molecule has 80 valence electrons. The fourth-order valence-electron chi connectivity index (χ4n) is 1.22. The molecule has 0 unspecified atom stereocenters. The maximum atomic E-state index is 8.56. The lowest BCUT2D eigenvalue weighted by Gasteiger charge is -2.06. The Kier molecular flexibility index (Phi) is 5.87. The Labute approximate surface area is 99.0 Å². The molecule has 0 radical (unpaired) electrons. The molecular weight excluding hydrogens is 254 g/mol. The molecule has 0 atom stereocenters. The number of benzene rings is 1. The minimum Gasteiger partial charge on any atom is -0.494 e. The third-order valence-corrected chi connectivity index (χ3v) is 2.54. The molecule has 0 fully saturated rings. The van der Waals surface area contributed by atoms with Crippen LogP contribution in [-0.4, -0.2) is 11.9 Å². The number of hydrogen-bond acceptors (Lipinski definition) is 2. The van der Waals surface area contributed by atoms with Crippen molar-refractivity contribution in [1.29, 1.82) is 5.26 Å². The third kappa shape index (κ3) is 4.85. The zero-order valence-electron chi connectivity index (χ0n) is 8.58. The summed E-state index contributed by atoms with van der Waals surface area (Å²) in [6, 6.07) is 9.84. The second kappa shape index (κ2) is 7.30. The zero-order chi connectivity index (χ0) is 10.9. The van der Waals surface area contributed by atoms with E-state index in [9.17, 15) is 0 Å². The average molecular weight is 268 g/mol. The highest BCUT2D eigenvalue weighted by atomic mass is 79.9. The first-order valence-corrected chi connectivity index (χ1v) is 6.13. The Morgan fingerprint density at radius 3 is 2.93 bits per heavy atom. The van der Waals surface area contributed by atoms with E-state index in [1.54, 1.807) is 0 Å².